The molecule has 1 aliphatic heterocycles. The Bertz CT molecular complexity index is 899. The van der Waals surface area contributed by atoms with Crippen LogP contribution in [0.2, 0.25) is 0 Å². The minimum absolute atomic E-state index is 0. The Morgan fingerprint density at radius 2 is 1.92 bits per heavy atom. The van der Waals surface area contributed by atoms with Crippen molar-refractivity contribution in [3.63, 3.8) is 0 Å². The third-order valence-electron chi connectivity index (χ3n) is 3.34. The van der Waals surface area contributed by atoms with E-state index in [2.05, 4.69) is 10.3 Å². The second-order valence-corrected chi connectivity index (χ2v) is 8.26. The van der Waals surface area contributed by atoms with Crippen molar-refractivity contribution in [3.8, 4) is 11.5 Å². The van der Waals surface area contributed by atoms with Gasteiger partial charge in [-0.05, 0) is 24.3 Å². The number of aliphatic imine (C=N–C) groups is 1. The van der Waals surface area contributed by atoms with Gasteiger partial charge in [0.2, 0.25) is 10.0 Å². The molecule has 0 bridgehead atoms. The van der Waals surface area contributed by atoms with Gasteiger partial charge in [0.15, 0.2) is 17.5 Å². The van der Waals surface area contributed by atoms with E-state index in [0.717, 1.165) is 28.3 Å². The third kappa shape index (κ3) is 5.46. The summed E-state index contributed by atoms with van der Waals surface area (Å²) in [6, 6.07) is 8.55. The van der Waals surface area contributed by atoms with Gasteiger partial charge < -0.3 is 20.5 Å². The monoisotopic (exact) mass is 510 g/mol. The van der Waals surface area contributed by atoms with Gasteiger partial charge in [0, 0.05) is 23.1 Å². The van der Waals surface area contributed by atoms with E-state index in [1.165, 1.54) is 6.07 Å². The van der Waals surface area contributed by atoms with Gasteiger partial charge in [-0.15, -0.1) is 35.3 Å². The summed E-state index contributed by atoms with van der Waals surface area (Å²) in [6.45, 7) is 1.49. The molecule has 5 N–H and O–H groups in total. The highest BCUT2D eigenvalue weighted by molar-refractivity contribution is 14.0. The van der Waals surface area contributed by atoms with Crippen LogP contribution < -0.4 is 25.7 Å². The molecule has 11 heteroatoms. The van der Waals surface area contributed by atoms with Crippen molar-refractivity contribution in [1.82, 2.24) is 0 Å². The lowest BCUT2D eigenvalue weighted by Gasteiger charge is -2.10. The quantitative estimate of drug-likeness (QED) is 0.328. The maximum Gasteiger partial charge on any atom is 0.247 e. The molecule has 0 spiro atoms. The SMILES string of the molecule is I.NC(=NCc1ccc(S(N)(=O)=O)s1)Nc1ccc2c(c1)OCCCO2. The summed E-state index contributed by atoms with van der Waals surface area (Å²) in [5.41, 5.74) is 6.61. The van der Waals surface area contributed by atoms with Crippen LogP contribution in [0.15, 0.2) is 39.5 Å². The summed E-state index contributed by atoms with van der Waals surface area (Å²) in [6.07, 6.45) is 0.836. The Kier molecular flexibility index (Phi) is 7.08. The van der Waals surface area contributed by atoms with Gasteiger partial charge in [0.25, 0.3) is 0 Å². The number of hydrogen-bond donors (Lipinski definition) is 3. The number of halogens is 1. The highest BCUT2D eigenvalue weighted by Gasteiger charge is 2.12. The predicted octanol–water partition coefficient (Wildman–Crippen LogP) is 2.10. The maximum absolute atomic E-state index is 11.3. The summed E-state index contributed by atoms with van der Waals surface area (Å²) < 4.78 is 33.8. The summed E-state index contributed by atoms with van der Waals surface area (Å²) in [4.78, 5) is 4.94. The van der Waals surface area contributed by atoms with E-state index in [9.17, 15) is 8.42 Å². The van der Waals surface area contributed by atoms with Gasteiger partial charge in [0.05, 0.1) is 19.8 Å². The summed E-state index contributed by atoms with van der Waals surface area (Å²) in [7, 11) is -3.68. The van der Waals surface area contributed by atoms with E-state index in [4.69, 9.17) is 20.3 Å². The van der Waals surface area contributed by atoms with E-state index in [1.807, 2.05) is 12.1 Å². The number of guanidine groups is 1. The summed E-state index contributed by atoms with van der Waals surface area (Å²) in [5, 5.41) is 8.06. The fourth-order valence-electron chi connectivity index (χ4n) is 2.19. The van der Waals surface area contributed by atoms with Crippen LogP contribution in [0.1, 0.15) is 11.3 Å². The molecule has 1 aliphatic rings. The first-order valence-electron chi connectivity index (χ1n) is 7.50. The van der Waals surface area contributed by atoms with Gasteiger partial charge in [-0.25, -0.2) is 18.5 Å². The molecule has 2 aromatic rings. The molecule has 0 saturated heterocycles. The van der Waals surface area contributed by atoms with Crippen LogP contribution >= 0.6 is 35.3 Å². The predicted molar refractivity (Wildman–Crippen MR) is 112 cm³/mol. The molecule has 2 heterocycles. The molecular formula is C15H19IN4O4S2. The van der Waals surface area contributed by atoms with Gasteiger partial charge in [-0.1, -0.05) is 0 Å². The molecule has 0 radical (unpaired) electrons. The number of nitrogens with zero attached hydrogens (tertiary/aromatic N) is 1. The number of nitrogens with two attached hydrogens (primary N) is 2. The average Bonchev–Trinajstić information content (AvgIpc) is 2.92. The lowest BCUT2D eigenvalue weighted by atomic mass is 10.3. The molecule has 8 nitrogen and oxygen atoms in total. The Morgan fingerprint density at radius 1 is 1.19 bits per heavy atom. The zero-order valence-corrected chi connectivity index (χ0v) is 17.6. The summed E-state index contributed by atoms with van der Waals surface area (Å²) >= 11 is 1.07. The Morgan fingerprint density at radius 3 is 2.62 bits per heavy atom. The normalized spacial score (nSPS) is 14.3. The first-order valence-corrected chi connectivity index (χ1v) is 9.86. The average molecular weight is 510 g/mol. The van der Waals surface area contributed by atoms with Crippen LogP contribution in [0.25, 0.3) is 0 Å². The van der Waals surface area contributed by atoms with E-state index < -0.39 is 10.0 Å². The fourth-order valence-corrected chi connectivity index (χ4v) is 3.89. The number of primary sulfonamides is 1. The number of ether oxygens (including phenoxy) is 2. The number of hydrogen-bond acceptors (Lipinski definition) is 6. The standard InChI is InChI=1S/C15H18N4O4S2.HI/c16-15(18-9-11-3-5-14(24-11)25(17,20)21)19-10-2-4-12-13(8-10)23-7-1-6-22-12;/h2-5,8H,1,6-7,9H2,(H3,16,18,19)(H2,17,20,21);1H. The minimum Gasteiger partial charge on any atom is -0.490 e. The van der Waals surface area contributed by atoms with E-state index in [-0.39, 0.29) is 40.7 Å². The van der Waals surface area contributed by atoms with E-state index in [0.29, 0.717) is 24.7 Å². The van der Waals surface area contributed by atoms with Crippen LogP contribution in [0.4, 0.5) is 5.69 Å². The van der Waals surface area contributed by atoms with E-state index in [1.54, 1.807) is 12.1 Å². The molecule has 26 heavy (non-hydrogen) atoms. The smallest absolute Gasteiger partial charge is 0.247 e. The van der Waals surface area contributed by atoms with Gasteiger partial charge in [0.1, 0.15) is 4.21 Å². The van der Waals surface area contributed by atoms with Crippen molar-refractivity contribution in [2.24, 2.45) is 15.9 Å². The van der Waals surface area contributed by atoms with Crippen LogP contribution in [0, 0.1) is 0 Å². The largest absolute Gasteiger partial charge is 0.490 e. The molecule has 0 fully saturated rings. The number of thiophene rings is 1. The van der Waals surface area contributed by atoms with Gasteiger partial charge >= 0.3 is 0 Å². The highest BCUT2D eigenvalue weighted by Crippen LogP contribution is 2.32. The second-order valence-electron chi connectivity index (χ2n) is 5.30. The molecule has 0 atom stereocenters. The second kappa shape index (κ2) is 8.88. The number of rotatable bonds is 4. The molecular weight excluding hydrogens is 491 g/mol. The van der Waals surface area contributed by atoms with Gasteiger partial charge in [-0.2, -0.15) is 0 Å². The van der Waals surface area contributed by atoms with Crippen LogP contribution in [-0.2, 0) is 16.6 Å². The van der Waals surface area contributed by atoms with Crippen LogP contribution in [0.5, 0.6) is 11.5 Å². The molecule has 0 aliphatic carbocycles. The lowest BCUT2D eigenvalue weighted by Crippen LogP contribution is -2.22. The number of fused-ring (bicyclic) bond motifs is 1. The summed E-state index contributed by atoms with van der Waals surface area (Å²) in [5.74, 6) is 1.57. The molecule has 0 unspecified atom stereocenters. The van der Waals surface area contributed by atoms with Crippen molar-refractivity contribution in [2.45, 2.75) is 17.2 Å². The minimum atomic E-state index is -3.68. The van der Waals surface area contributed by atoms with Crippen molar-refractivity contribution >= 4 is 57.0 Å². The lowest BCUT2D eigenvalue weighted by molar-refractivity contribution is 0.297. The molecule has 0 amide bonds. The third-order valence-corrected chi connectivity index (χ3v) is 5.85. The fraction of sp³-hybridized carbons (Fsp3) is 0.267. The van der Waals surface area contributed by atoms with Crippen LogP contribution in [-0.4, -0.2) is 27.6 Å². The number of anilines is 1. The van der Waals surface area contributed by atoms with Crippen molar-refractivity contribution < 1.29 is 17.9 Å². The molecule has 1 aromatic heterocycles. The van der Waals surface area contributed by atoms with Crippen LogP contribution in [0.3, 0.4) is 0 Å². The van der Waals surface area contributed by atoms with Crippen molar-refractivity contribution in [2.75, 3.05) is 18.5 Å². The Hall–Kier alpha value is -1.57. The number of nitrogens with one attached hydrogen (secondary N) is 1. The zero-order valence-electron chi connectivity index (χ0n) is 13.7. The number of sulfonamides is 1. The van der Waals surface area contributed by atoms with Crippen molar-refractivity contribution in [1.29, 1.82) is 0 Å². The Balaban J connectivity index is 0.00000243. The molecule has 1 aromatic carbocycles. The zero-order chi connectivity index (χ0) is 17.9. The highest BCUT2D eigenvalue weighted by atomic mass is 127. The molecule has 0 saturated carbocycles. The molecule has 142 valence electrons. The van der Waals surface area contributed by atoms with Crippen molar-refractivity contribution in [3.05, 3.63) is 35.2 Å². The number of benzene rings is 1. The molecule has 3 rings (SSSR count). The van der Waals surface area contributed by atoms with E-state index >= 15 is 0 Å². The Labute approximate surface area is 172 Å². The maximum atomic E-state index is 11.3. The first-order chi connectivity index (χ1) is 11.9. The van der Waals surface area contributed by atoms with Gasteiger partial charge in [-0.3, -0.25) is 0 Å². The first kappa shape index (κ1) is 20.7. The topological polar surface area (TPSA) is 129 Å².